The molecule has 1 aliphatic rings. The number of rotatable bonds is 3. The fourth-order valence-corrected chi connectivity index (χ4v) is 3.28. The average Bonchev–Trinajstić information content (AvgIpc) is 2.34. The van der Waals surface area contributed by atoms with Crippen molar-refractivity contribution >= 4 is 17.6 Å². The minimum absolute atomic E-state index is 0.551. The van der Waals surface area contributed by atoms with Crippen LogP contribution in [0.1, 0.15) is 37.1 Å². The van der Waals surface area contributed by atoms with E-state index in [4.69, 9.17) is 0 Å². The van der Waals surface area contributed by atoms with Crippen LogP contribution in [-0.2, 0) is 0 Å². The summed E-state index contributed by atoms with van der Waals surface area (Å²) >= 11 is 1.97. The van der Waals surface area contributed by atoms with Crippen molar-refractivity contribution < 1.29 is 0 Å². The average molecular weight is 251 g/mol. The van der Waals surface area contributed by atoms with Gasteiger partial charge in [-0.2, -0.15) is 11.8 Å². The van der Waals surface area contributed by atoms with Crippen LogP contribution in [0.3, 0.4) is 0 Å². The predicted molar refractivity (Wildman–Crippen MR) is 74.7 cm³/mol. The molecule has 1 heterocycles. The number of hydrogen-bond donors (Lipinski definition) is 1. The van der Waals surface area contributed by atoms with E-state index in [1.807, 2.05) is 31.8 Å². The molecule has 4 heteroatoms. The smallest absolute Gasteiger partial charge is 0.145 e. The lowest BCUT2D eigenvalue weighted by Gasteiger charge is -2.31. The van der Waals surface area contributed by atoms with E-state index in [0.29, 0.717) is 11.3 Å². The highest BCUT2D eigenvalue weighted by molar-refractivity contribution is 7.99. The van der Waals surface area contributed by atoms with Gasteiger partial charge in [-0.3, -0.25) is 4.98 Å². The highest BCUT2D eigenvalue weighted by Crippen LogP contribution is 2.29. The molecule has 1 saturated carbocycles. The summed E-state index contributed by atoms with van der Waals surface area (Å²) in [5, 5.41) is 4.27. The molecular weight excluding hydrogens is 230 g/mol. The van der Waals surface area contributed by atoms with Crippen molar-refractivity contribution in [3.63, 3.8) is 0 Å². The minimum Gasteiger partial charge on any atom is -0.365 e. The molecule has 94 valence electrons. The molecule has 0 saturated heterocycles. The largest absolute Gasteiger partial charge is 0.365 e. The highest BCUT2D eigenvalue weighted by Gasteiger charge is 2.24. The second kappa shape index (κ2) is 5.71. The number of thioether (sulfide) groups is 1. The van der Waals surface area contributed by atoms with E-state index in [1.165, 1.54) is 25.7 Å². The molecule has 17 heavy (non-hydrogen) atoms. The maximum absolute atomic E-state index is 4.55. The van der Waals surface area contributed by atoms with Crippen LogP contribution in [0.25, 0.3) is 0 Å². The maximum Gasteiger partial charge on any atom is 0.145 e. The quantitative estimate of drug-likeness (QED) is 0.895. The van der Waals surface area contributed by atoms with E-state index in [1.54, 1.807) is 0 Å². The summed E-state index contributed by atoms with van der Waals surface area (Å²) in [5.41, 5.74) is 2.03. The van der Waals surface area contributed by atoms with Gasteiger partial charge in [0.05, 0.1) is 17.6 Å². The van der Waals surface area contributed by atoms with Crippen molar-refractivity contribution in [3.8, 4) is 0 Å². The number of aromatic nitrogens is 2. The van der Waals surface area contributed by atoms with Gasteiger partial charge in [0.2, 0.25) is 0 Å². The first kappa shape index (κ1) is 12.7. The van der Waals surface area contributed by atoms with Crippen LogP contribution in [0.2, 0.25) is 0 Å². The number of hydrogen-bond acceptors (Lipinski definition) is 4. The Kier molecular flexibility index (Phi) is 4.26. The van der Waals surface area contributed by atoms with Crippen molar-refractivity contribution in [2.24, 2.45) is 0 Å². The maximum atomic E-state index is 4.55. The SMILES string of the molecule is CSC1CCCCC1Nc1cnc(C)c(C)n1. The predicted octanol–water partition coefficient (Wildman–Crippen LogP) is 3.18. The Morgan fingerprint density at radius 1 is 1.24 bits per heavy atom. The summed E-state index contributed by atoms with van der Waals surface area (Å²) in [6, 6.07) is 0.551. The third kappa shape index (κ3) is 3.12. The standard InChI is InChI=1S/C13H21N3S/c1-9-10(2)15-13(8-14-9)16-11-6-4-5-7-12(11)17-3/h8,11-12H,4-7H2,1-3H3,(H,15,16). The summed E-state index contributed by atoms with van der Waals surface area (Å²) in [6.07, 6.45) is 9.32. The molecule has 1 aromatic heterocycles. The number of nitrogens with one attached hydrogen (secondary N) is 1. The zero-order valence-electron chi connectivity index (χ0n) is 10.9. The normalized spacial score (nSPS) is 24.6. The number of anilines is 1. The lowest BCUT2D eigenvalue weighted by Crippen LogP contribution is -2.34. The number of nitrogens with zero attached hydrogens (tertiary/aromatic N) is 2. The molecule has 0 radical (unpaired) electrons. The summed E-state index contributed by atoms with van der Waals surface area (Å²) in [5.74, 6) is 0.930. The Morgan fingerprint density at radius 3 is 2.71 bits per heavy atom. The molecule has 1 aliphatic carbocycles. The Labute approximate surface area is 108 Å². The van der Waals surface area contributed by atoms with Gasteiger partial charge in [-0.05, 0) is 32.9 Å². The van der Waals surface area contributed by atoms with Gasteiger partial charge in [0.25, 0.3) is 0 Å². The summed E-state index contributed by atoms with van der Waals surface area (Å²) in [6.45, 7) is 4.01. The zero-order chi connectivity index (χ0) is 12.3. The van der Waals surface area contributed by atoms with Gasteiger partial charge in [-0.25, -0.2) is 4.98 Å². The van der Waals surface area contributed by atoms with Crippen LogP contribution < -0.4 is 5.32 Å². The lowest BCUT2D eigenvalue weighted by molar-refractivity contribution is 0.474. The second-order valence-electron chi connectivity index (χ2n) is 4.74. The molecule has 1 aromatic rings. The van der Waals surface area contributed by atoms with Crippen molar-refractivity contribution in [1.29, 1.82) is 0 Å². The van der Waals surface area contributed by atoms with E-state index in [9.17, 15) is 0 Å². The van der Waals surface area contributed by atoms with Gasteiger partial charge in [-0.15, -0.1) is 0 Å². The van der Waals surface area contributed by atoms with Crippen LogP contribution in [0.4, 0.5) is 5.82 Å². The van der Waals surface area contributed by atoms with Crippen molar-refractivity contribution in [1.82, 2.24) is 9.97 Å². The first-order chi connectivity index (χ1) is 8.20. The van der Waals surface area contributed by atoms with Crippen LogP contribution in [0.5, 0.6) is 0 Å². The molecular formula is C13H21N3S. The molecule has 3 nitrogen and oxygen atoms in total. The lowest BCUT2D eigenvalue weighted by atomic mass is 9.95. The first-order valence-electron chi connectivity index (χ1n) is 6.30. The monoisotopic (exact) mass is 251 g/mol. The Morgan fingerprint density at radius 2 is 2.00 bits per heavy atom. The van der Waals surface area contributed by atoms with E-state index in [0.717, 1.165) is 17.2 Å². The van der Waals surface area contributed by atoms with E-state index in [-0.39, 0.29) is 0 Å². The van der Waals surface area contributed by atoms with Crippen molar-refractivity contribution in [2.45, 2.75) is 50.8 Å². The van der Waals surface area contributed by atoms with Crippen LogP contribution in [0.15, 0.2) is 6.20 Å². The molecule has 0 aliphatic heterocycles. The van der Waals surface area contributed by atoms with Crippen molar-refractivity contribution in [2.75, 3.05) is 11.6 Å². The van der Waals surface area contributed by atoms with Crippen LogP contribution in [-0.4, -0.2) is 27.5 Å². The highest BCUT2D eigenvalue weighted by atomic mass is 32.2. The van der Waals surface area contributed by atoms with E-state index >= 15 is 0 Å². The fourth-order valence-electron chi connectivity index (χ4n) is 2.35. The molecule has 2 atom stereocenters. The number of aryl methyl sites for hydroxylation is 2. The van der Waals surface area contributed by atoms with Crippen LogP contribution in [0, 0.1) is 13.8 Å². The van der Waals surface area contributed by atoms with Gasteiger partial charge >= 0.3 is 0 Å². The Bertz CT molecular complexity index is 381. The molecule has 0 spiro atoms. The van der Waals surface area contributed by atoms with Gasteiger partial charge in [-0.1, -0.05) is 12.8 Å². The third-order valence-corrected chi connectivity index (χ3v) is 4.70. The van der Waals surface area contributed by atoms with E-state index in [2.05, 4.69) is 21.5 Å². The molecule has 0 aromatic carbocycles. The summed E-state index contributed by atoms with van der Waals surface area (Å²) in [7, 11) is 0. The van der Waals surface area contributed by atoms with Gasteiger partial charge < -0.3 is 5.32 Å². The zero-order valence-corrected chi connectivity index (χ0v) is 11.7. The molecule has 1 fully saturated rings. The van der Waals surface area contributed by atoms with Crippen LogP contribution >= 0.6 is 11.8 Å². The second-order valence-corrected chi connectivity index (χ2v) is 5.81. The summed E-state index contributed by atoms with van der Waals surface area (Å²) < 4.78 is 0. The summed E-state index contributed by atoms with van der Waals surface area (Å²) in [4.78, 5) is 8.92. The Hall–Kier alpha value is -0.770. The molecule has 0 bridgehead atoms. The molecule has 2 rings (SSSR count). The van der Waals surface area contributed by atoms with Crippen molar-refractivity contribution in [3.05, 3.63) is 17.6 Å². The van der Waals surface area contributed by atoms with Gasteiger partial charge in [0.15, 0.2) is 0 Å². The third-order valence-electron chi connectivity index (χ3n) is 3.53. The topological polar surface area (TPSA) is 37.8 Å². The van der Waals surface area contributed by atoms with Gasteiger partial charge in [0, 0.05) is 11.3 Å². The van der Waals surface area contributed by atoms with Gasteiger partial charge in [0.1, 0.15) is 5.82 Å². The molecule has 2 unspecified atom stereocenters. The Balaban J connectivity index is 2.05. The molecule has 0 amide bonds. The first-order valence-corrected chi connectivity index (χ1v) is 7.59. The molecule has 1 N–H and O–H groups in total. The van der Waals surface area contributed by atoms with E-state index < -0.39 is 0 Å². The fraction of sp³-hybridized carbons (Fsp3) is 0.692. The minimum atomic E-state index is 0.551.